The fourth-order valence-corrected chi connectivity index (χ4v) is 3.81. The second kappa shape index (κ2) is 5.89. The van der Waals surface area contributed by atoms with Crippen LogP contribution in [0.4, 0.5) is 11.4 Å². The molecule has 0 bridgehead atoms. The van der Waals surface area contributed by atoms with E-state index in [9.17, 15) is 13.2 Å². The van der Waals surface area contributed by atoms with Gasteiger partial charge in [-0.3, -0.25) is 9.52 Å². The summed E-state index contributed by atoms with van der Waals surface area (Å²) in [6, 6.07) is 3.08. The number of anilines is 2. The van der Waals surface area contributed by atoms with E-state index in [-0.39, 0.29) is 5.69 Å². The third-order valence-electron chi connectivity index (χ3n) is 1.86. The Morgan fingerprint density at radius 1 is 1.39 bits per heavy atom. The lowest BCUT2D eigenvalue weighted by molar-refractivity contribution is -0.137. The average Bonchev–Trinajstić information content (AvgIpc) is 2.22. The maximum Gasteiger partial charge on any atom is 0.322 e. The van der Waals surface area contributed by atoms with Gasteiger partial charge in [0.2, 0.25) is 10.0 Å². The first-order valence-electron chi connectivity index (χ1n) is 4.57. The van der Waals surface area contributed by atoms with Gasteiger partial charge in [-0.25, -0.2) is 8.42 Å². The number of hydrogen-bond acceptors (Lipinski definition) is 5. The van der Waals surface area contributed by atoms with Crippen LogP contribution in [-0.4, -0.2) is 27.2 Å². The maximum atomic E-state index is 11.7. The summed E-state index contributed by atoms with van der Waals surface area (Å²) in [7, 11) is -2.71. The second-order valence-electron chi connectivity index (χ2n) is 3.30. The molecule has 0 aliphatic carbocycles. The van der Waals surface area contributed by atoms with Crippen LogP contribution in [0, 0.1) is 0 Å². The van der Waals surface area contributed by atoms with E-state index in [0.29, 0.717) is 14.6 Å². The summed E-state index contributed by atoms with van der Waals surface area (Å²) in [4.78, 5) is 11.0. The number of ether oxygens (including phenoxy) is 1. The van der Waals surface area contributed by atoms with Crippen LogP contribution in [0.15, 0.2) is 21.1 Å². The highest BCUT2D eigenvalue weighted by Crippen LogP contribution is 2.34. The first-order chi connectivity index (χ1) is 8.25. The van der Waals surface area contributed by atoms with E-state index >= 15 is 0 Å². The van der Waals surface area contributed by atoms with Crippen molar-refractivity contribution in [3.63, 3.8) is 0 Å². The highest BCUT2D eigenvalue weighted by atomic mass is 79.9. The number of carbonyl (C=O) groups is 1. The first-order valence-corrected chi connectivity index (χ1v) is 7.81. The van der Waals surface area contributed by atoms with Gasteiger partial charge in [0.05, 0.1) is 12.8 Å². The van der Waals surface area contributed by atoms with Crippen molar-refractivity contribution in [1.82, 2.24) is 0 Å². The zero-order valence-electron chi connectivity index (χ0n) is 9.24. The molecule has 0 aliphatic rings. The van der Waals surface area contributed by atoms with E-state index in [1.54, 1.807) is 12.1 Å². The highest BCUT2D eigenvalue weighted by molar-refractivity contribution is 9.11. The van der Waals surface area contributed by atoms with Gasteiger partial charge in [0.1, 0.15) is 0 Å². The number of rotatable bonds is 4. The number of hydrogen-bond donors (Lipinski definition) is 2. The van der Waals surface area contributed by atoms with Gasteiger partial charge in [-0.05, 0) is 44.0 Å². The van der Waals surface area contributed by atoms with Gasteiger partial charge in [-0.2, -0.15) is 0 Å². The smallest absolute Gasteiger partial charge is 0.322 e. The van der Waals surface area contributed by atoms with Crippen LogP contribution >= 0.6 is 31.9 Å². The summed E-state index contributed by atoms with van der Waals surface area (Å²) in [6.45, 7) is 0. The lowest BCUT2D eigenvalue weighted by atomic mass is 10.3. The van der Waals surface area contributed by atoms with Crippen LogP contribution in [0.1, 0.15) is 0 Å². The van der Waals surface area contributed by atoms with Crippen LogP contribution in [0.2, 0.25) is 0 Å². The summed E-state index contributed by atoms with van der Waals surface area (Å²) in [5, 5.41) is 0. The molecule has 0 atom stereocenters. The fraction of sp³-hybridized carbons (Fsp3) is 0.222. The number of carbonyl (C=O) groups excluding carboxylic acids is 1. The van der Waals surface area contributed by atoms with E-state index in [1.165, 1.54) is 0 Å². The molecule has 0 unspecified atom stereocenters. The zero-order valence-corrected chi connectivity index (χ0v) is 13.2. The Hall–Kier alpha value is -0.800. The largest absolute Gasteiger partial charge is 0.468 e. The van der Waals surface area contributed by atoms with Crippen LogP contribution in [0.25, 0.3) is 0 Å². The zero-order chi connectivity index (χ0) is 13.9. The Labute approximate surface area is 121 Å². The number of benzene rings is 1. The van der Waals surface area contributed by atoms with Gasteiger partial charge in [0.15, 0.2) is 5.75 Å². The Kier molecular flexibility index (Phi) is 5.00. The average molecular weight is 402 g/mol. The second-order valence-corrected chi connectivity index (χ2v) is 6.73. The molecule has 1 rings (SSSR count). The summed E-state index contributed by atoms with van der Waals surface area (Å²) in [6.07, 6.45) is 0. The maximum absolute atomic E-state index is 11.7. The molecule has 0 heterocycles. The molecule has 1 aromatic rings. The number of nitrogens with one attached hydrogen (secondary N) is 1. The van der Waals surface area contributed by atoms with Gasteiger partial charge in [-0.15, -0.1) is 0 Å². The molecule has 0 aliphatic heterocycles. The van der Waals surface area contributed by atoms with E-state index in [2.05, 4.69) is 41.3 Å². The van der Waals surface area contributed by atoms with Crippen molar-refractivity contribution in [3.05, 3.63) is 21.1 Å². The summed E-state index contributed by atoms with van der Waals surface area (Å²) in [5.74, 6) is -1.60. The van der Waals surface area contributed by atoms with Crippen molar-refractivity contribution in [2.24, 2.45) is 0 Å². The van der Waals surface area contributed by atoms with Gasteiger partial charge in [0, 0.05) is 14.6 Å². The number of nitrogen functional groups attached to an aromatic ring is 1. The lowest BCUT2D eigenvalue weighted by Crippen LogP contribution is -2.24. The molecule has 1 aromatic carbocycles. The molecule has 0 fully saturated rings. The van der Waals surface area contributed by atoms with E-state index in [1.807, 2.05) is 0 Å². The van der Waals surface area contributed by atoms with Gasteiger partial charge in [0.25, 0.3) is 0 Å². The van der Waals surface area contributed by atoms with Crippen LogP contribution in [0.5, 0.6) is 0 Å². The molecule has 0 saturated carbocycles. The topological polar surface area (TPSA) is 98.5 Å². The van der Waals surface area contributed by atoms with Crippen molar-refractivity contribution in [2.75, 3.05) is 23.3 Å². The summed E-state index contributed by atoms with van der Waals surface area (Å²) in [5.41, 5.74) is 6.32. The quantitative estimate of drug-likeness (QED) is 0.591. The van der Waals surface area contributed by atoms with E-state index in [0.717, 1.165) is 7.11 Å². The number of nitrogens with two attached hydrogens (primary N) is 1. The van der Waals surface area contributed by atoms with E-state index in [4.69, 9.17) is 5.73 Å². The summed E-state index contributed by atoms with van der Waals surface area (Å²) >= 11 is 6.36. The van der Waals surface area contributed by atoms with E-state index < -0.39 is 21.7 Å². The van der Waals surface area contributed by atoms with Crippen LogP contribution < -0.4 is 10.5 Å². The number of esters is 1. The van der Waals surface area contributed by atoms with Gasteiger partial charge < -0.3 is 10.5 Å². The van der Waals surface area contributed by atoms with Crippen LogP contribution in [-0.2, 0) is 19.6 Å². The van der Waals surface area contributed by atoms with Crippen molar-refractivity contribution in [1.29, 1.82) is 0 Å². The van der Waals surface area contributed by atoms with Gasteiger partial charge >= 0.3 is 5.97 Å². The third-order valence-corrected chi connectivity index (χ3v) is 4.24. The Bertz CT molecular complexity index is 551. The molecule has 3 N–H and O–H groups in total. The summed E-state index contributed by atoms with van der Waals surface area (Å²) < 4.78 is 30.8. The van der Waals surface area contributed by atoms with Crippen molar-refractivity contribution < 1.29 is 17.9 Å². The Morgan fingerprint density at radius 3 is 2.33 bits per heavy atom. The lowest BCUT2D eigenvalue weighted by Gasteiger charge is -2.11. The standard InChI is InChI=1S/C9H10Br2N2O4S/c1-17-8(14)4-18(15,16)13-9-6(10)2-5(12)3-7(9)11/h2-3,13H,4,12H2,1H3. The third kappa shape index (κ3) is 4.14. The molecule has 0 amide bonds. The normalized spacial score (nSPS) is 11.1. The highest BCUT2D eigenvalue weighted by Gasteiger charge is 2.19. The Balaban J connectivity index is 3.01. The molecule has 6 nitrogen and oxygen atoms in total. The number of sulfonamides is 1. The molecular formula is C9H10Br2N2O4S. The molecular weight excluding hydrogens is 392 g/mol. The van der Waals surface area contributed by atoms with Gasteiger partial charge in [-0.1, -0.05) is 0 Å². The molecule has 9 heteroatoms. The molecule has 18 heavy (non-hydrogen) atoms. The minimum Gasteiger partial charge on any atom is -0.468 e. The Morgan fingerprint density at radius 2 is 1.89 bits per heavy atom. The minimum absolute atomic E-state index is 0.271. The molecule has 0 aromatic heterocycles. The number of halogens is 2. The minimum atomic E-state index is -3.83. The monoisotopic (exact) mass is 400 g/mol. The SMILES string of the molecule is COC(=O)CS(=O)(=O)Nc1c(Br)cc(N)cc1Br. The van der Waals surface area contributed by atoms with Crippen molar-refractivity contribution >= 4 is 59.2 Å². The fourth-order valence-electron chi connectivity index (χ4n) is 1.10. The molecule has 0 saturated heterocycles. The number of methoxy groups -OCH3 is 1. The molecule has 0 radical (unpaired) electrons. The van der Waals surface area contributed by atoms with Crippen molar-refractivity contribution in [3.8, 4) is 0 Å². The van der Waals surface area contributed by atoms with Crippen LogP contribution in [0.3, 0.4) is 0 Å². The molecule has 100 valence electrons. The predicted molar refractivity (Wildman–Crippen MR) is 75.7 cm³/mol. The first kappa shape index (κ1) is 15.3. The van der Waals surface area contributed by atoms with Crippen molar-refractivity contribution in [2.45, 2.75) is 0 Å². The predicted octanol–water partition coefficient (Wildman–Crippen LogP) is 1.71. The molecule has 0 spiro atoms.